The number of ketones is 1. The summed E-state index contributed by atoms with van der Waals surface area (Å²) in [5, 5.41) is 0.488. The summed E-state index contributed by atoms with van der Waals surface area (Å²) in [6, 6.07) is 7.05. The fraction of sp³-hybridized carbons (Fsp3) is 0.0278. The molecule has 0 aliphatic rings. The van der Waals surface area contributed by atoms with Crippen molar-refractivity contribution in [3.8, 4) is 0 Å². The minimum Gasteiger partial charge on any atom is -0.287 e. The van der Waals surface area contributed by atoms with E-state index >= 15 is 35.1 Å². The predicted molar refractivity (Wildman–Crippen MR) is 169 cm³/mol. The van der Waals surface area contributed by atoms with E-state index in [4.69, 9.17) is 11.6 Å². The van der Waals surface area contributed by atoms with E-state index in [9.17, 15) is 57.5 Å². The van der Waals surface area contributed by atoms with Gasteiger partial charge in [0.25, 0.3) is 0 Å². The van der Waals surface area contributed by atoms with Crippen LogP contribution in [0.25, 0.3) is 0 Å². The molecular formula is C36H10BClF20N2O. The van der Waals surface area contributed by atoms with Gasteiger partial charge in [0, 0.05) is 5.56 Å². The van der Waals surface area contributed by atoms with Gasteiger partial charge >= 0.3 is 0 Å². The van der Waals surface area contributed by atoms with Gasteiger partial charge in [-0.3, -0.25) is 9.78 Å². The lowest BCUT2D eigenvalue weighted by molar-refractivity contribution is -0.683. The molecule has 6 rings (SSSR count). The maximum absolute atomic E-state index is 15.4. The van der Waals surface area contributed by atoms with E-state index in [0.717, 1.165) is 0 Å². The zero-order valence-corrected chi connectivity index (χ0v) is 29.4. The highest BCUT2D eigenvalue weighted by Gasteiger charge is 2.52. The third-order valence-electron chi connectivity index (χ3n) is 8.90. The molecule has 0 radical (unpaired) electrons. The average Bonchev–Trinajstić information content (AvgIpc) is 3.24. The van der Waals surface area contributed by atoms with Crippen LogP contribution in [0, 0.1) is 116 Å². The maximum Gasteiger partial charge on any atom is 0.229 e. The maximum atomic E-state index is 15.4. The minimum absolute atomic E-state index is 0.0122. The molecular weight excluding hydrogens is 903 g/mol. The van der Waals surface area contributed by atoms with E-state index < -0.39 is 144 Å². The minimum atomic E-state index is -7.22. The van der Waals surface area contributed by atoms with Crippen molar-refractivity contribution in [3.63, 3.8) is 0 Å². The standard InChI is InChI=1S/C24BF20.C12H10ClN2O/c26-5-1(6(27)14(35)21(42)13(5)34)25(2-7(28)15(36)22(43)16(37)8(2)29,3-9(30)17(38)23(44)18(39)10(3)31)4-11(32)19(40)24(45)20(41)12(4)33;13-11-4-2-1-3-10(11)12(16)9-15-7-5-14-6-8-15/h;1-8H,9H2/q-1;+1. The van der Waals surface area contributed by atoms with Crippen LogP contribution in [0.4, 0.5) is 87.8 Å². The number of Topliss-reactive ketones (excluding diaryl/α,β-unsaturated/α-hetero) is 1. The Morgan fingerprint density at radius 2 is 0.672 bits per heavy atom. The number of halogens is 21. The van der Waals surface area contributed by atoms with Gasteiger partial charge in [-0.15, -0.1) is 21.9 Å². The lowest BCUT2D eigenvalue weighted by Crippen LogP contribution is -2.81. The number of benzene rings is 5. The highest BCUT2D eigenvalue weighted by atomic mass is 35.5. The molecule has 25 heteroatoms. The summed E-state index contributed by atoms with van der Waals surface area (Å²) >= 11 is 5.94. The number of carbonyl (C=O) groups is 1. The second-order valence-corrected chi connectivity index (χ2v) is 12.5. The van der Waals surface area contributed by atoms with Crippen molar-refractivity contribution < 1.29 is 97.2 Å². The van der Waals surface area contributed by atoms with Crippen LogP contribution >= 0.6 is 11.6 Å². The Labute approximate surface area is 330 Å². The molecule has 0 bridgehead atoms. The van der Waals surface area contributed by atoms with E-state index in [-0.39, 0.29) is 12.3 Å². The molecule has 320 valence electrons. The van der Waals surface area contributed by atoms with Crippen molar-refractivity contribution in [3.05, 3.63) is 176 Å². The van der Waals surface area contributed by atoms with E-state index in [1.807, 2.05) is 0 Å². The van der Waals surface area contributed by atoms with Crippen LogP contribution in [0.3, 0.4) is 0 Å². The molecule has 5 aromatic carbocycles. The van der Waals surface area contributed by atoms with E-state index in [0.29, 0.717) is 10.6 Å². The molecule has 0 saturated carbocycles. The third-order valence-corrected chi connectivity index (χ3v) is 9.23. The largest absolute Gasteiger partial charge is 0.287 e. The fourth-order valence-corrected chi connectivity index (χ4v) is 6.51. The van der Waals surface area contributed by atoms with Gasteiger partial charge in [0.05, 0.1) is 17.4 Å². The fourth-order valence-electron chi connectivity index (χ4n) is 6.27. The van der Waals surface area contributed by atoms with E-state index in [2.05, 4.69) is 4.98 Å². The summed E-state index contributed by atoms with van der Waals surface area (Å²) in [5.74, 6) is -71.4. The molecule has 0 atom stereocenters. The molecule has 0 unspecified atom stereocenters. The summed E-state index contributed by atoms with van der Waals surface area (Å²) in [4.78, 5) is 15.8. The molecule has 0 aliphatic heterocycles. The zero-order chi connectivity index (χ0) is 45.7. The normalized spacial score (nSPS) is 11.5. The van der Waals surface area contributed by atoms with Gasteiger partial charge in [-0.1, -0.05) is 23.7 Å². The summed E-state index contributed by atoms with van der Waals surface area (Å²) in [7, 11) is 0. The average molecular weight is 913 g/mol. The SMILES string of the molecule is Fc1c(F)c(F)c([B-](c2c(F)c(F)c(F)c(F)c2F)(c2c(F)c(F)c(F)c(F)c2F)c2c(F)c(F)c(F)c(F)c2F)c(F)c1F.O=C(C[n+]1ccncc1)c1ccccc1Cl. The summed E-state index contributed by atoms with van der Waals surface area (Å²) in [5.41, 5.74) is -13.8. The van der Waals surface area contributed by atoms with Crippen LogP contribution in [0.15, 0.2) is 49.1 Å². The Morgan fingerprint density at radius 3 is 0.934 bits per heavy atom. The molecule has 0 N–H and O–H groups in total. The Morgan fingerprint density at radius 1 is 0.426 bits per heavy atom. The van der Waals surface area contributed by atoms with Crippen molar-refractivity contribution in [2.75, 3.05) is 0 Å². The van der Waals surface area contributed by atoms with Crippen molar-refractivity contribution in [2.24, 2.45) is 0 Å². The highest BCUT2D eigenvalue weighted by molar-refractivity contribution is 7.20. The lowest BCUT2D eigenvalue weighted by atomic mass is 9.12. The topological polar surface area (TPSA) is 33.8 Å². The second-order valence-electron chi connectivity index (χ2n) is 12.1. The monoisotopic (exact) mass is 912 g/mol. The van der Waals surface area contributed by atoms with Crippen molar-refractivity contribution in [1.29, 1.82) is 0 Å². The smallest absolute Gasteiger partial charge is 0.229 e. The lowest BCUT2D eigenvalue weighted by Gasteiger charge is -2.44. The number of rotatable bonds is 7. The first kappa shape index (κ1) is 45.9. The highest BCUT2D eigenvalue weighted by Crippen LogP contribution is 2.31. The molecule has 1 aromatic heterocycles. The van der Waals surface area contributed by atoms with Gasteiger partial charge in [-0.25, -0.2) is 87.8 Å². The summed E-state index contributed by atoms with van der Waals surface area (Å²) in [6.07, 6.45) is -0.450. The Hall–Kier alpha value is -6.20. The molecule has 0 spiro atoms. The van der Waals surface area contributed by atoms with E-state index in [1.165, 1.54) is 0 Å². The molecule has 61 heavy (non-hydrogen) atoms. The summed E-state index contributed by atoms with van der Waals surface area (Å²) < 4.78 is 296. The molecule has 0 amide bonds. The van der Waals surface area contributed by atoms with Crippen LogP contribution in [-0.4, -0.2) is 16.9 Å². The van der Waals surface area contributed by atoms with E-state index in [1.54, 1.807) is 53.6 Å². The zero-order valence-electron chi connectivity index (χ0n) is 28.6. The third kappa shape index (κ3) is 7.28. The van der Waals surface area contributed by atoms with Gasteiger partial charge in [-0.05, 0) is 12.1 Å². The Kier molecular flexibility index (Phi) is 12.8. The van der Waals surface area contributed by atoms with Crippen LogP contribution in [0.2, 0.25) is 5.02 Å². The number of carbonyl (C=O) groups excluding carboxylic acids is 1. The first-order valence-electron chi connectivity index (χ1n) is 15.8. The van der Waals surface area contributed by atoms with Crippen LogP contribution < -0.4 is 26.4 Å². The van der Waals surface area contributed by atoms with Crippen molar-refractivity contribution in [2.45, 2.75) is 6.54 Å². The molecule has 6 aromatic rings. The summed E-state index contributed by atoms with van der Waals surface area (Å²) in [6.45, 7) is 0.270. The quantitative estimate of drug-likeness (QED) is 0.0411. The molecule has 0 aliphatic carbocycles. The van der Waals surface area contributed by atoms with Gasteiger partial charge in [-0.2, -0.15) is 4.57 Å². The van der Waals surface area contributed by atoms with Gasteiger partial charge < -0.3 is 0 Å². The molecule has 3 nitrogen and oxygen atoms in total. The number of aromatic nitrogens is 2. The van der Waals surface area contributed by atoms with Crippen LogP contribution in [-0.2, 0) is 6.54 Å². The van der Waals surface area contributed by atoms with Crippen LogP contribution in [0.5, 0.6) is 0 Å². The first-order valence-corrected chi connectivity index (χ1v) is 16.2. The van der Waals surface area contributed by atoms with Gasteiger partial charge in [0.15, 0.2) is 82.2 Å². The molecule has 0 fully saturated rings. The number of nitrogens with zero attached hydrogens (tertiary/aromatic N) is 2. The van der Waals surface area contributed by atoms with Crippen LogP contribution in [0.1, 0.15) is 10.4 Å². The Balaban J connectivity index is 0.000000366. The van der Waals surface area contributed by atoms with Gasteiger partial charge in [0.1, 0.15) is 52.7 Å². The van der Waals surface area contributed by atoms with Crippen molar-refractivity contribution >= 4 is 45.4 Å². The molecule has 0 saturated heterocycles. The second kappa shape index (κ2) is 17.0. The van der Waals surface area contributed by atoms with Gasteiger partial charge in [0.2, 0.25) is 12.3 Å². The Bertz CT molecular complexity index is 2390. The number of hydrogen-bond donors (Lipinski definition) is 0. The predicted octanol–water partition coefficient (Wildman–Crippen LogP) is 7.75. The van der Waals surface area contributed by atoms with Crippen molar-refractivity contribution in [1.82, 2.24) is 4.98 Å². The molecule has 1 heterocycles. The first-order chi connectivity index (χ1) is 28.5. The number of hydrogen-bond acceptors (Lipinski definition) is 2.